The van der Waals surface area contributed by atoms with E-state index >= 15 is 0 Å². The highest BCUT2D eigenvalue weighted by Gasteiger charge is 2.42. The maximum absolute atomic E-state index is 12.8. The van der Waals surface area contributed by atoms with Gasteiger partial charge in [-0.25, -0.2) is 0 Å². The van der Waals surface area contributed by atoms with Crippen LogP contribution in [-0.2, 0) is 0 Å². The van der Waals surface area contributed by atoms with Crippen LogP contribution in [0, 0.1) is 0 Å². The number of carbonyl (C=O) groups excluding carboxylic acids is 1. The fourth-order valence-electron chi connectivity index (χ4n) is 3.60. The number of alkyl halides is 1. The summed E-state index contributed by atoms with van der Waals surface area (Å²) < 4.78 is 0. The van der Waals surface area contributed by atoms with Gasteiger partial charge in [-0.2, -0.15) is 0 Å². The number of halogens is 1. The van der Waals surface area contributed by atoms with E-state index in [2.05, 4.69) is 46.8 Å². The highest BCUT2D eigenvalue weighted by Crippen LogP contribution is 2.39. The number of amides is 1. The second-order valence-electron chi connectivity index (χ2n) is 6.44. The van der Waals surface area contributed by atoms with E-state index in [0.29, 0.717) is 22.8 Å². The van der Waals surface area contributed by atoms with E-state index in [1.54, 1.807) is 0 Å². The van der Waals surface area contributed by atoms with Gasteiger partial charge in [0.15, 0.2) is 0 Å². The molecule has 2 heterocycles. The predicted molar refractivity (Wildman–Crippen MR) is 85.5 cm³/mol. The lowest BCUT2D eigenvalue weighted by Crippen LogP contribution is -2.46. The second-order valence-corrected chi connectivity index (χ2v) is 7.74. The zero-order chi connectivity index (χ0) is 14.3. The van der Waals surface area contributed by atoms with Crippen LogP contribution in [0.15, 0.2) is 24.3 Å². The third-order valence-corrected chi connectivity index (χ3v) is 5.48. The van der Waals surface area contributed by atoms with Crippen molar-refractivity contribution in [2.45, 2.75) is 62.4 Å². The Hall–Kier alpha value is -0.830. The molecule has 0 aliphatic carbocycles. The Kier molecular flexibility index (Phi) is 3.89. The third-order valence-electron chi connectivity index (χ3n) is 4.73. The van der Waals surface area contributed by atoms with Gasteiger partial charge in [0.05, 0.1) is 0 Å². The van der Waals surface area contributed by atoms with Crippen molar-refractivity contribution >= 4 is 21.8 Å². The number of hydrogen-bond acceptors (Lipinski definition) is 1. The molecular formula is C17H22BrNO. The lowest BCUT2D eigenvalue weighted by molar-refractivity contribution is 0.0603. The van der Waals surface area contributed by atoms with Crippen molar-refractivity contribution in [3.05, 3.63) is 35.4 Å². The average Bonchev–Trinajstić information content (AvgIpc) is 2.70. The maximum Gasteiger partial charge on any atom is 0.254 e. The van der Waals surface area contributed by atoms with Gasteiger partial charge >= 0.3 is 0 Å². The first-order chi connectivity index (χ1) is 9.56. The smallest absolute Gasteiger partial charge is 0.254 e. The van der Waals surface area contributed by atoms with Crippen LogP contribution in [0.5, 0.6) is 0 Å². The van der Waals surface area contributed by atoms with E-state index in [9.17, 15) is 4.79 Å². The van der Waals surface area contributed by atoms with Crippen molar-refractivity contribution in [1.82, 2.24) is 4.90 Å². The first-order valence-corrected chi connectivity index (χ1v) is 8.54. The van der Waals surface area contributed by atoms with Gasteiger partial charge in [-0.1, -0.05) is 41.9 Å². The molecule has 1 aromatic rings. The Balaban J connectivity index is 1.79. The average molecular weight is 336 g/mol. The lowest BCUT2D eigenvalue weighted by Gasteiger charge is -2.37. The predicted octanol–water partition coefficient (Wildman–Crippen LogP) is 4.34. The number of piperidine rings is 1. The van der Waals surface area contributed by atoms with Crippen LogP contribution in [0.4, 0.5) is 0 Å². The van der Waals surface area contributed by atoms with Crippen molar-refractivity contribution in [1.29, 1.82) is 0 Å². The van der Waals surface area contributed by atoms with E-state index in [4.69, 9.17) is 0 Å². The van der Waals surface area contributed by atoms with E-state index < -0.39 is 0 Å². The summed E-state index contributed by atoms with van der Waals surface area (Å²) >= 11 is 3.73. The molecule has 108 valence electrons. The number of hydrogen-bond donors (Lipinski definition) is 0. The molecule has 2 fully saturated rings. The molecule has 3 rings (SSSR count). The maximum atomic E-state index is 12.8. The van der Waals surface area contributed by atoms with Gasteiger partial charge in [-0.15, -0.1) is 0 Å². The van der Waals surface area contributed by atoms with Crippen molar-refractivity contribution in [3.8, 4) is 0 Å². The molecule has 2 atom stereocenters. The SMILES string of the molecule is CC(C)c1ccc(C(=O)N2C3CCC2CC(Br)C3)cc1. The van der Waals surface area contributed by atoms with Gasteiger partial charge in [0.1, 0.15) is 0 Å². The van der Waals surface area contributed by atoms with E-state index in [-0.39, 0.29) is 5.91 Å². The summed E-state index contributed by atoms with van der Waals surface area (Å²) in [5, 5.41) is 0. The standard InChI is InChI=1S/C17H22BrNO/c1-11(2)12-3-5-13(6-4-12)17(20)19-15-7-8-16(19)10-14(18)9-15/h3-6,11,14-16H,7-10H2,1-2H3. The summed E-state index contributed by atoms with van der Waals surface area (Å²) in [6, 6.07) is 9.06. The Morgan fingerprint density at radius 2 is 1.70 bits per heavy atom. The fourth-order valence-corrected chi connectivity index (χ4v) is 4.46. The Labute approximate surface area is 129 Å². The minimum absolute atomic E-state index is 0.229. The van der Waals surface area contributed by atoms with Gasteiger partial charge in [0, 0.05) is 22.5 Å². The van der Waals surface area contributed by atoms with Crippen LogP contribution in [0.2, 0.25) is 0 Å². The van der Waals surface area contributed by atoms with Crippen LogP contribution < -0.4 is 0 Å². The van der Waals surface area contributed by atoms with Gasteiger partial charge in [0.2, 0.25) is 0 Å². The fraction of sp³-hybridized carbons (Fsp3) is 0.588. The highest BCUT2D eigenvalue weighted by molar-refractivity contribution is 9.09. The summed E-state index contributed by atoms with van der Waals surface area (Å²) in [6.07, 6.45) is 4.55. The number of nitrogens with zero attached hydrogens (tertiary/aromatic N) is 1. The molecule has 0 spiro atoms. The summed E-state index contributed by atoms with van der Waals surface area (Å²) in [5.41, 5.74) is 2.14. The van der Waals surface area contributed by atoms with Crippen LogP contribution in [0.1, 0.15) is 61.4 Å². The number of fused-ring (bicyclic) bond motifs is 2. The lowest BCUT2D eigenvalue weighted by atomic mass is 9.99. The Bertz CT molecular complexity index is 482. The molecule has 2 saturated heterocycles. The second kappa shape index (κ2) is 5.51. The zero-order valence-corrected chi connectivity index (χ0v) is 13.8. The van der Waals surface area contributed by atoms with Crippen molar-refractivity contribution < 1.29 is 4.79 Å². The van der Waals surface area contributed by atoms with Crippen LogP contribution >= 0.6 is 15.9 Å². The zero-order valence-electron chi connectivity index (χ0n) is 12.2. The molecule has 0 N–H and O–H groups in total. The molecule has 2 nitrogen and oxygen atoms in total. The summed E-state index contributed by atoms with van der Waals surface area (Å²) in [7, 11) is 0. The largest absolute Gasteiger partial charge is 0.333 e. The number of benzene rings is 1. The first kappa shape index (κ1) is 14.1. The van der Waals surface area contributed by atoms with Crippen molar-refractivity contribution in [3.63, 3.8) is 0 Å². The Morgan fingerprint density at radius 3 is 2.20 bits per heavy atom. The molecule has 20 heavy (non-hydrogen) atoms. The third kappa shape index (κ3) is 2.52. The van der Waals surface area contributed by atoms with Crippen LogP contribution in [0.3, 0.4) is 0 Å². The van der Waals surface area contributed by atoms with E-state index in [1.165, 1.54) is 18.4 Å². The molecule has 3 heteroatoms. The molecule has 0 saturated carbocycles. The number of carbonyl (C=O) groups is 1. The number of rotatable bonds is 2. The van der Waals surface area contributed by atoms with Gasteiger partial charge < -0.3 is 4.90 Å². The van der Waals surface area contributed by atoms with Gasteiger partial charge in [0.25, 0.3) is 5.91 Å². The highest BCUT2D eigenvalue weighted by atomic mass is 79.9. The molecule has 1 amide bonds. The Morgan fingerprint density at radius 1 is 1.15 bits per heavy atom. The molecule has 2 aliphatic heterocycles. The van der Waals surface area contributed by atoms with E-state index in [0.717, 1.165) is 18.4 Å². The van der Waals surface area contributed by atoms with Crippen molar-refractivity contribution in [2.75, 3.05) is 0 Å². The quantitative estimate of drug-likeness (QED) is 0.736. The van der Waals surface area contributed by atoms with Gasteiger partial charge in [-0.05, 0) is 49.3 Å². The minimum Gasteiger partial charge on any atom is -0.333 e. The molecule has 2 bridgehead atoms. The topological polar surface area (TPSA) is 20.3 Å². The first-order valence-electron chi connectivity index (χ1n) is 7.63. The van der Waals surface area contributed by atoms with Gasteiger partial charge in [-0.3, -0.25) is 4.79 Å². The molecular weight excluding hydrogens is 314 g/mol. The normalized spacial score (nSPS) is 29.0. The minimum atomic E-state index is 0.229. The summed E-state index contributed by atoms with van der Waals surface area (Å²) in [5.74, 6) is 0.742. The monoisotopic (exact) mass is 335 g/mol. The van der Waals surface area contributed by atoms with Crippen LogP contribution in [-0.4, -0.2) is 27.7 Å². The molecule has 2 unspecified atom stereocenters. The van der Waals surface area contributed by atoms with Crippen molar-refractivity contribution in [2.24, 2.45) is 0 Å². The molecule has 0 radical (unpaired) electrons. The molecule has 2 aliphatic rings. The molecule has 0 aromatic heterocycles. The van der Waals surface area contributed by atoms with Crippen LogP contribution in [0.25, 0.3) is 0 Å². The van der Waals surface area contributed by atoms with E-state index in [1.807, 2.05) is 12.1 Å². The summed E-state index contributed by atoms with van der Waals surface area (Å²) in [4.78, 5) is 15.5. The molecule has 1 aromatic carbocycles. The summed E-state index contributed by atoms with van der Waals surface area (Å²) in [6.45, 7) is 4.36.